The monoisotopic (exact) mass is 140 g/mol. The molecule has 0 aliphatic carbocycles. The molecule has 1 nitrogen and oxygen atoms in total. The summed E-state index contributed by atoms with van der Waals surface area (Å²) in [5, 5.41) is 9.40. The number of aliphatic hydroxyl groups is 1. The molecule has 1 unspecified atom stereocenters. The van der Waals surface area contributed by atoms with Crippen LogP contribution < -0.4 is 0 Å². The summed E-state index contributed by atoms with van der Waals surface area (Å²) in [5.41, 5.74) is -0.695. The zero-order valence-electron chi connectivity index (χ0n) is 6.80. The molecule has 0 aliphatic rings. The summed E-state index contributed by atoms with van der Waals surface area (Å²) < 4.78 is 0. The zero-order valence-corrected chi connectivity index (χ0v) is 6.80. The van der Waals surface area contributed by atoms with Crippen molar-refractivity contribution in [3.8, 4) is 0 Å². The molecule has 0 spiro atoms. The van der Waals surface area contributed by atoms with Crippen LogP contribution in [0.3, 0.4) is 0 Å². The lowest BCUT2D eigenvalue weighted by Crippen LogP contribution is -2.19. The summed E-state index contributed by atoms with van der Waals surface area (Å²) in [6.45, 7) is 7.28. The van der Waals surface area contributed by atoms with Crippen LogP contribution >= 0.6 is 0 Å². The van der Waals surface area contributed by atoms with Gasteiger partial charge in [0.05, 0.1) is 5.60 Å². The Morgan fingerprint density at radius 1 is 1.60 bits per heavy atom. The van der Waals surface area contributed by atoms with Crippen LogP contribution in [0, 0.1) is 0 Å². The van der Waals surface area contributed by atoms with Gasteiger partial charge in [0.25, 0.3) is 0 Å². The van der Waals surface area contributed by atoms with Gasteiger partial charge >= 0.3 is 0 Å². The lowest BCUT2D eigenvalue weighted by Gasteiger charge is -2.16. The van der Waals surface area contributed by atoms with Crippen LogP contribution in [-0.2, 0) is 0 Å². The molecule has 1 heteroatoms. The van der Waals surface area contributed by atoms with Gasteiger partial charge < -0.3 is 5.11 Å². The molecule has 0 saturated carbocycles. The molecule has 0 aliphatic heterocycles. The standard InChI is InChI=1S/C9H16O/c1-4-6-7-8-9(3,10)5-2/h4-6,10H,2,7-8H2,1,3H3. The van der Waals surface area contributed by atoms with Gasteiger partial charge in [-0.2, -0.15) is 0 Å². The number of rotatable bonds is 4. The second kappa shape index (κ2) is 4.29. The molecule has 0 rings (SSSR count). The Bertz CT molecular complexity index is 123. The molecule has 0 bridgehead atoms. The largest absolute Gasteiger partial charge is 0.386 e. The Morgan fingerprint density at radius 3 is 2.60 bits per heavy atom. The van der Waals surface area contributed by atoms with Crippen LogP contribution in [0.1, 0.15) is 26.7 Å². The quantitative estimate of drug-likeness (QED) is 0.594. The van der Waals surface area contributed by atoms with E-state index < -0.39 is 5.60 Å². The third-order valence-electron chi connectivity index (χ3n) is 1.49. The molecule has 0 saturated heterocycles. The summed E-state index contributed by atoms with van der Waals surface area (Å²) in [5.74, 6) is 0. The summed E-state index contributed by atoms with van der Waals surface area (Å²) in [7, 11) is 0. The molecule has 1 atom stereocenters. The van der Waals surface area contributed by atoms with E-state index in [0.29, 0.717) is 0 Å². The van der Waals surface area contributed by atoms with E-state index in [1.54, 1.807) is 13.0 Å². The van der Waals surface area contributed by atoms with Crippen molar-refractivity contribution in [2.24, 2.45) is 0 Å². The minimum absolute atomic E-state index is 0.695. The van der Waals surface area contributed by atoms with Crippen molar-refractivity contribution in [3.05, 3.63) is 24.8 Å². The average Bonchev–Trinajstić information content (AvgIpc) is 1.89. The van der Waals surface area contributed by atoms with E-state index in [1.807, 2.05) is 19.1 Å². The highest BCUT2D eigenvalue weighted by Crippen LogP contribution is 2.12. The SMILES string of the molecule is C=CC(C)(O)CCC=CC. The first-order valence-electron chi connectivity index (χ1n) is 3.59. The fourth-order valence-electron chi connectivity index (χ4n) is 0.644. The second-order valence-corrected chi connectivity index (χ2v) is 2.67. The van der Waals surface area contributed by atoms with Gasteiger partial charge in [0.2, 0.25) is 0 Å². The Kier molecular flexibility index (Phi) is 4.05. The van der Waals surface area contributed by atoms with E-state index >= 15 is 0 Å². The maximum atomic E-state index is 9.40. The molecule has 0 aromatic heterocycles. The number of hydrogen-bond acceptors (Lipinski definition) is 1. The maximum Gasteiger partial charge on any atom is 0.0800 e. The van der Waals surface area contributed by atoms with Crippen molar-refractivity contribution in [3.63, 3.8) is 0 Å². The number of allylic oxidation sites excluding steroid dienone is 2. The van der Waals surface area contributed by atoms with Crippen molar-refractivity contribution < 1.29 is 5.11 Å². The van der Waals surface area contributed by atoms with E-state index in [2.05, 4.69) is 6.58 Å². The summed E-state index contributed by atoms with van der Waals surface area (Å²) >= 11 is 0. The van der Waals surface area contributed by atoms with Gasteiger partial charge in [0.1, 0.15) is 0 Å². The van der Waals surface area contributed by atoms with Gasteiger partial charge in [-0.1, -0.05) is 18.2 Å². The van der Waals surface area contributed by atoms with E-state index in [1.165, 1.54) is 0 Å². The molecule has 0 radical (unpaired) electrons. The fourth-order valence-corrected chi connectivity index (χ4v) is 0.644. The molecule has 0 aromatic rings. The first-order chi connectivity index (χ1) is 4.62. The topological polar surface area (TPSA) is 20.2 Å². The minimum Gasteiger partial charge on any atom is -0.386 e. The lowest BCUT2D eigenvalue weighted by molar-refractivity contribution is 0.103. The highest BCUT2D eigenvalue weighted by Gasteiger charge is 2.12. The first kappa shape index (κ1) is 9.44. The Labute approximate surface area is 63.1 Å². The molecule has 10 heavy (non-hydrogen) atoms. The van der Waals surface area contributed by atoms with Crippen molar-refractivity contribution in [2.45, 2.75) is 32.3 Å². The highest BCUT2D eigenvalue weighted by molar-refractivity contribution is 4.93. The molecule has 0 fully saturated rings. The minimum atomic E-state index is -0.695. The number of hydrogen-bond donors (Lipinski definition) is 1. The van der Waals surface area contributed by atoms with Crippen LogP contribution in [0.5, 0.6) is 0 Å². The smallest absolute Gasteiger partial charge is 0.0800 e. The predicted molar refractivity (Wildman–Crippen MR) is 44.9 cm³/mol. The molecular formula is C9H16O. The van der Waals surface area contributed by atoms with Crippen molar-refractivity contribution in [1.29, 1.82) is 0 Å². The van der Waals surface area contributed by atoms with Gasteiger partial charge in [-0.05, 0) is 26.7 Å². The Morgan fingerprint density at radius 2 is 2.20 bits per heavy atom. The van der Waals surface area contributed by atoms with Gasteiger partial charge in [-0.3, -0.25) is 0 Å². The van der Waals surface area contributed by atoms with Crippen LogP contribution in [0.2, 0.25) is 0 Å². The Hall–Kier alpha value is -0.560. The first-order valence-corrected chi connectivity index (χ1v) is 3.59. The summed E-state index contributed by atoms with van der Waals surface area (Å²) in [4.78, 5) is 0. The molecule has 0 heterocycles. The van der Waals surface area contributed by atoms with E-state index in [0.717, 1.165) is 12.8 Å². The van der Waals surface area contributed by atoms with Gasteiger partial charge in [0.15, 0.2) is 0 Å². The Balaban J connectivity index is 3.56. The third-order valence-corrected chi connectivity index (χ3v) is 1.49. The predicted octanol–water partition coefficient (Wildman–Crippen LogP) is 2.28. The fraction of sp³-hybridized carbons (Fsp3) is 0.556. The normalized spacial score (nSPS) is 17.1. The maximum absolute atomic E-state index is 9.40. The molecule has 0 amide bonds. The average molecular weight is 140 g/mol. The summed E-state index contributed by atoms with van der Waals surface area (Å²) in [6.07, 6.45) is 7.27. The molecule has 58 valence electrons. The zero-order chi connectivity index (χ0) is 8.04. The second-order valence-electron chi connectivity index (χ2n) is 2.67. The summed E-state index contributed by atoms with van der Waals surface area (Å²) in [6, 6.07) is 0. The van der Waals surface area contributed by atoms with Crippen LogP contribution in [-0.4, -0.2) is 10.7 Å². The van der Waals surface area contributed by atoms with Gasteiger partial charge in [-0.15, -0.1) is 6.58 Å². The van der Waals surface area contributed by atoms with E-state index in [-0.39, 0.29) is 0 Å². The third kappa shape index (κ3) is 4.33. The van der Waals surface area contributed by atoms with Crippen LogP contribution in [0.15, 0.2) is 24.8 Å². The van der Waals surface area contributed by atoms with Crippen molar-refractivity contribution in [2.75, 3.05) is 0 Å². The van der Waals surface area contributed by atoms with Gasteiger partial charge in [-0.25, -0.2) is 0 Å². The molecular weight excluding hydrogens is 124 g/mol. The molecule has 0 aromatic carbocycles. The van der Waals surface area contributed by atoms with Crippen molar-refractivity contribution >= 4 is 0 Å². The van der Waals surface area contributed by atoms with Crippen molar-refractivity contribution in [1.82, 2.24) is 0 Å². The van der Waals surface area contributed by atoms with E-state index in [4.69, 9.17) is 0 Å². The van der Waals surface area contributed by atoms with Crippen LogP contribution in [0.4, 0.5) is 0 Å². The van der Waals surface area contributed by atoms with E-state index in [9.17, 15) is 5.11 Å². The van der Waals surface area contributed by atoms with Crippen LogP contribution in [0.25, 0.3) is 0 Å². The molecule has 1 N–H and O–H groups in total. The van der Waals surface area contributed by atoms with Gasteiger partial charge in [0, 0.05) is 0 Å². The highest BCUT2D eigenvalue weighted by atomic mass is 16.3. The lowest BCUT2D eigenvalue weighted by atomic mass is 10.0.